The van der Waals surface area contributed by atoms with Crippen molar-refractivity contribution in [2.75, 3.05) is 32.5 Å². The number of ether oxygens (including phenoxy) is 2. The molecule has 8 nitrogen and oxygen atoms in total. The number of fused-ring (bicyclic) bond motifs is 1. The normalized spacial score (nSPS) is 16.8. The number of nitrogens with one attached hydrogen (secondary N) is 1. The Morgan fingerprint density at radius 1 is 1.41 bits per heavy atom. The van der Waals surface area contributed by atoms with Crippen LogP contribution in [-0.2, 0) is 23.5 Å². The summed E-state index contributed by atoms with van der Waals surface area (Å²) in [5.41, 5.74) is 1.50. The summed E-state index contributed by atoms with van der Waals surface area (Å²) >= 11 is 6.13. The van der Waals surface area contributed by atoms with Gasteiger partial charge in [0.25, 0.3) is 10.0 Å². The number of aromatic nitrogens is 2. The zero-order chi connectivity index (χ0) is 19.9. The Labute approximate surface area is 164 Å². The van der Waals surface area contributed by atoms with Gasteiger partial charge in [0.15, 0.2) is 0 Å². The summed E-state index contributed by atoms with van der Waals surface area (Å²) in [6, 6.07) is 3.54. The molecule has 1 aromatic carbocycles. The van der Waals surface area contributed by atoms with E-state index in [0.29, 0.717) is 35.9 Å². The average Bonchev–Trinajstić information content (AvgIpc) is 2.87. The second kappa shape index (κ2) is 7.21. The molecule has 10 heteroatoms. The van der Waals surface area contributed by atoms with Gasteiger partial charge in [-0.05, 0) is 39.6 Å². The van der Waals surface area contributed by atoms with E-state index < -0.39 is 10.0 Å². The van der Waals surface area contributed by atoms with E-state index in [2.05, 4.69) is 14.7 Å². The molecule has 3 rings (SSSR count). The predicted octanol–water partition coefficient (Wildman–Crippen LogP) is 2.06. The zero-order valence-electron chi connectivity index (χ0n) is 15.9. The molecular formula is C17H23ClN4O4S. The SMILES string of the molecule is COc1ccc(NS(=O)(=O)c2c(C)nn(C)c2Cl)c2c1C[C@@H](N(C)C)CO2. The Morgan fingerprint density at radius 3 is 2.67 bits per heavy atom. The summed E-state index contributed by atoms with van der Waals surface area (Å²) in [7, 11) is 3.19. The molecule has 27 heavy (non-hydrogen) atoms. The van der Waals surface area contributed by atoms with Crippen LogP contribution in [0.4, 0.5) is 5.69 Å². The van der Waals surface area contributed by atoms with Crippen LogP contribution in [0, 0.1) is 6.92 Å². The molecule has 1 N–H and O–H groups in total. The van der Waals surface area contributed by atoms with Gasteiger partial charge in [0.1, 0.15) is 28.2 Å². The quantitative estimate of drug-likeness (QED) is 0.806. The summed E-state index contributed by atoms with van der Waals surface area (Å²) in [5.74, 6) is 1.14. The van der Waals surface area contributed by atoms with Gasteiger partial charge >= 0.3 is 0 Å². The number of aryl methyl sites for hydroxylation is 2. The van der Waals surface area contributed by atoms with Crippen molar-refractivity contribution in [1.82, 2.24) is 14.7 Å². The molecule has 1 aliphatic heterocycles. The van der Waals surface area contributed by atoms with Crippen molar-refractivity contribution in [3.8, 4) is 11.5 Å². The van der Waals surface area contributed by atoms with Crippen LogP contribution in [0.2, 0.25) is 5.15 Å². The molecule has 0 unspecified atom stereocenters. The number of sulfonamides is 1. The standard InChI is InChI=1S/C17H23ClN4O4S/c1-10-16(17(18)22(4)19-10)27(23,24)20-13-6-7-14(25-5)12-8-11(21(2)3)9-26-15(12)13/h6-7,11,20H,8-9H2,1-5H3/t11-/m1/s1. The molecule has 0 radical (unpaired) electrons. The van der Waals surface area contributed by atoms with Crippen molar-refractivity contribution in [3.63, 3.8) is 0 Å². The summed E-state index contributed by atoms with van der Waals surface area (Å²) in [6.07, 6.45) is 0.688. The lowest BCUT2D eigenvalue weighted by atomic mass is 10.00. The number of likely N-dealkylation sites (N-methyl/N-ethyl adjacent to an activating group) is 1. The smallest absolute Gasteiger partial charge is 0.266 e. The first kappa shape index (κ1) is 19.8. The molecule has 0 fully saturated rings. The molecule has 1 atom stereocenters. The highest BCUT2D eigenvalue weighted by Crippen LogP contribution is 2.41. The molecule has 0 saturated heterocycles. The number of benzene rings is 1. The van der Waals surface area contributed by atoms with Gasteiger partial charge in [-0.25, -0.2) is 8.42 Å². The van der Waals surface area contributed by atoms with Gasteiger partial charge in [0.05, 0.1) is 18.5 Å². The Hall–Kier alpha value is -1.97. The van der Waals surface area contributed by atoms with Crippen molar-refractivity contribution in [2.24, 2.45) is 7.05 Å². The van der Waals surface area contributed by atoms with Crippen LogP contribution in [-0.4, -0.2) is 57.0 Å². The van der Waals surface area contributed by atoms with E-state index in [1.165, 1.54) is 4.68 Å². The average molecular weight is 415 g/mol. The van der Waals surface area contributed by atoms with E-state index in [0.717, 1.165) is 5.56 Å². The molecule has 1 aliphatic rings. The number of hydrogen-bond acceptors (Lipinski definition) is 6. The maximum Gasteiger partial charge on any atom is 0.266 e. The largest absolute Gasteiger partial charge is 0.496 e. The van der Waals surface area contributed by atoms with Crippen molar-refractivity contribution in [3.05, 3.63) is 28.5 Å². The van der Waals surface area contributed by atoms with E-state index in [4.69, 9.17) is 21.1 Å². The van der Waals surface area contributed by atoms with Gasteiger partial charge in [0, 0.05) is 18.7 Å². The lowest BCUT2D eigenvalue weighted by Gasteiger charge is -2.32. The molecule has 2 aromatic rings. The lowest BCUT2D eigenvalue weighted by Crippen LogP contribution is -2.38. The monoisotopic (exact) mass is 414 g/mol. The fourth-order valence-corrected chi connectivity index (χ4v) is 4.97. The van der Waals surface area contributed by atoms with Gasteiger partial charge in [0.2, 0.25) is 0 Å². The number of hydrogen-bond donors (Lipinski definition) is 1. The van der Waals surface area contributed by atoms with Gasteiger partial charge in [-0.1, -0.05) is 11.6 Å². The summed E-state index contributed by atoms with van der Waals surface area (Å²) in [5, 5.41) is 4.12. The van der Waals surface area contributed by atoms with Crippen molar-refractivity contribution in [2.45, 2.75) is 24.3 Å². The van der Waals surface area contributed by atoms with E-state index in [1.54, 1.807) is 33.2 Å². The Kier molecular flexibility index (Phi) is 5.29. The molecule has 1 aromatic heterocycles. The van der Waals surface area contributed by atoms with Crippen LogP contribution < -0.4 is 14.2 Å². The molecule has 0 amide bonds. The van der Waals surface area contributed by atoms with Gasteiger partial charge in [-0.3, -0.25) is 9.40 Å². The third-order valence-corrected chi connectivity index (χ3v) is 6.70. The number of halogens is 1. The van der Waals surface area contributed by atoms with Crippen LogP contribution in [0.25, 0.3) is 0 Å². The third kappa shape index (κ3) is 3.59. The van der Waals surface area contributed by atoms with Crippen LogP contribution >= 0.6 is 11.6 Å². The Balaban J connectivity index is 2.02. The number of nitrogens with zero attached hydrogens (tertiary/aromatic N) is 3. The summed E-state index contributed by atoms with van der Waals surface area (Å²) < 4.78 is 41.1. The van der Waals surface area contributed by atoms with E-state index in [9.17, 15) is 8.42 Å². The third-order valence-electron chi connectivity index (χ3n) is 4.64. The molecule has 0 saturated carbocycles. The molecule has 0 bridgehead atoms. The Morgan fingerprint density at radius 2 is 2.11 bits per heavy atom. The second-order valence-electron chi connectivity index (χ2n) is 6.69. The van der Waals surface area contributed by atoms with Gasteiger partial charge in [-0.2, -0.15) is 5.10 Å². The fourth-order valence-electron chi connectivity index (χ4n) is 3.16. The molecule has 148 valence electrons. The maximum absolute atomic E-state index is 12.9. The minimum absolute atomic E-state index is 0.0433. The van der Waals surface area contributed by atoms with Crippen molar-refractivity contribution < 1.29 is 17.9 Å². The molecule has 0 aliphatic carbocycles. The maximum atomic E-state index is 12.9. The minimum atomic E-state index is -3.93. The first-order valence-electron chi connectivity index (χ1n) is 8.36. The van der Waals surface area contributed by atoms with Crippen molar-refractivity contribution in [1.29, 1.82) is 0 Å². The van der Waals surface area contributed by atoms with Crippen LogP contribution in [0.15, 0.2) is 17.0 Å². The first-order valence-corrected chi connectivity index (χ1v) is 10.2. The van der Waals surface area contributed by atoms with E-state index >= 15 is 0 Å². The number of methoxy groups -OCH3 is 1. The van der Waals surface area contributed by atoms with Gasteiger partial charge < -0.3 is 14.4 Å². The highest BCUT2D eigenvalue weighted by atomic mass is 35.5. The number of rotatable bonds is 5. The first-order chi connectivity index (χ1) is 12.7. The van der Waals surface area contributed by atoms with Crippen LogP contribution in [0.1, 0.15) is 11.3 Å². The predicted molar refractivity (Wildman–Crippen MR) is 103 cm³/mol. The molecular weight excluding hydrogens is 392 g/mol. The summed E-state index contributed by atoms with van der Waals surface area (Å²) in [4.78, 5) is 2.02. The van der Waals surface area contributed by atoms with Crippen LogP contribution in [0.3, 0.4) is 0 Å². The van der Waals surface area contributed by atoms with E-state index in [1.807, 2.05) is 14.1 Å². The topological polar surface area (TPSA) is 85.7 Å². The Bertz CT molecular complexity index is 972. The van der Waals surface area contributed by atoms with Crippen molar-refractivity contribution >= 4 is 27.3 Å². The zero-order valence-corrected chi connectivity index (χ0v) is 17.5. The molecule has 2 heterocycles. The van der Waals surface area contributed by atoms with Gasteiger partial charge in [-0.15, -0.1) is 0 Å². The second-order valence-corrected chi connectivity index (χ2v) is 8.67. The molecule has 0 spiro atoms. The number of anilines is 1. The highest BCUT2D eigenvalue weighted by molar-refractivity contribution is 7.92. The lowest BCUT2D eigenvalue weighted by molar-refractivity contribution is 0.164. The van der Waals surface area contributed by atoms with E-state index in [-0.39, 0.29) is 16.1 Å². The minimum Gasteiger partial charge on any atom is -0.496 e. The fraction of sp³-hybridized carbons (Fsp3) is 0.471. The van der Waals surface area contributed by atoms with Crippen LogP contribution in [0.5, 0.6) is 11.5 Å². The highest BCUT2D eigenvalue weighted by Gasteiger charge is 2.30. The summed E-state index contributed by atoms with van der Waals surface area (Å²) in [6.45, 7) is 2.05.